The number of nitrogens with zero attached hydrogens (tertiary/aromatic N) is 1. The summed E-state index contributed by atoms with van der Waals surface area (Å²) in [6, 6.07) is 15.0. The highest BCUT2D eigenvalue weighted by atomic mass is 32.2. The minimum Gasteiger partial charge on any atom is -0.323 e. The summed E-state index contributed by atoms with van der Waals surface area (Å²) < 4.78 is 19.9. The van der Waals surface area contributed by atoms with Crippen LogP contribution in [0.1, 0.15) is 6.92 Å². The molecule has 3 aromatic rings. The van der Waals surface area contributed by atoms with Gasteiger partial charge in [-0.15, -0.1) is 0 Å². The Hall–Kier alpha value is -2.87. The van der Waals surface area contributed by atoms with Gasteiger partial charge in [-0.05, 0) is 40.8 Å². The molecule has 8 heteroatoms. The molecule has 2 aromatic carbocycles. The fourth-order valence-corrected chi connectivity index (χ4v) is 3.02. The zero-order valence-electron chi connectivity index (χ0n) is 13.2. The summed E-state index contributed by atoms with van der Waals surface area (Å²) in [5, 5.41) is 4.60. The highest BCUT2D eigenvalue weighted by molar-refractivity contribution is 8.00. The largest absolute Gasteiger partial charge is 0.442 e. The molecule has 0 saturated heterocycles. The molecule has 3 rings (SSSR count). The fourth-order valence-electron chi connectivity index (χ4n) is 2.13. The van der Waals surface area contributed by atoms with Crippen LogP contribution in [0.5, 0.6) is 0 Å². The van der Waals surface area contributed by atoms with E-state index >= 15 is 0 Å². The van der Waals surface area contributed by atoms with Gasteiger partial charge >= 0.3 is 10.7 Å². The van der Waals surface area contributed by atoms with Gasteiger partial charge in [-0.2, -0.15) is 0 Å². The highest BCUT2D eigenvalue weighted by Gasteiger charge is 2.29. The summed E-state index contributed by atoms with van der Waals surface area (Å²) in [6.07, 6.45) is 0. The van der Waals surface area contributed by atoms with Crippen molar-refractivity contribution >= 4 is 23.4 Å². The molecule has 1 aromatic heterocycles. The maximum absolute atomic E-state index is 13.6. The zero-order valence-corrected chi connectivity index (χ0v) is 14.0. The molecule has 0 fully saturated rings. The van der Waals surface area contributed by atoms with Crippen LogP contribution >= 0.6 is 11.8 Å². The number of aromatic amines is 1. The lowest BCUT2D eigenvalue weighted by Crippen LogP contribution is -2.37. The van der Waals surface area contributed by atoms with Crippen LogP contribution in [0.4, 0.5) is 10.1 Å². The Morgan fingerprint density at radius 2 is 1.88 bits per heavy atom. The van der Waals surface area contributed by atoms with E-state index in [0.717, 1.165) is 11.8 Å². The Balaban J connectivity index is 1.79. The van der Waals surface area contributed by atoms with Gasteiger partial charge < -0.3 is 5.32 Å². The van der Waals surface area contributed by atoms with E-state index in [4.69, 9.17) is 4.52 Å². The summed E-state index contributed by atoms with van der Waals surface area (Å²) in [4.78, 5) is 24.3. The maximum Gasteiger partial charge on any atom is 0.442 e. The summed E-state index contributed by atoms with van der Waals surface area (Å²) in [5.41, 5.74) is 0.203. The molecule has 0 aliphatic heterocycles. The van der Waals surface area contributed by atoms with Gasteiger partial charge in [0.25, 0.3) is 0 Å². The third kappa shape index (κ3) is 3.80. The average Bonchev–Trinajstić information content (AvgIpc) is 2.98. The number of aromatic nitrogens is 2. The molecular formula is C17H15FN3O3S+. The number of benzene rings is 2. The van der Waals surface area contributed by atoms with E-state index in [9.17, 15) is 14.0 Å². The molecule has 25 heavy (non-hydrogen) atoms. The molecule has 0 aliphatic rings. The van der Waals surface area contributed by atoms with Crippen LogP contribution in [0.25, 0.3) is 5.69 Å². The number of rotatable bonds is 5. The van der Waals surface area contributed by atoms with Crippen LogP contribution in [0, 0.1) is 5.82 Å². The third-order valence-electron chi connectivity index (χ3n) is 3.41. The Labute approximate surface area is 146 Å². The first-order valence-electron chi connectivity index (χ1n) is 7.47. The second kappa shape index (κ2) is 7.35. The van der Waals surface area contributed by atoms with Gasteiger partial charge in [-0.1, -0.05) is 30.3 Å². The topological polar surface area (TPSA) is 79.0 Å². The SMILES string of the molecule is CC(Sc1c(=O)o[nH][n+]1-c1ccccc1)C(=O)Nc1ccccc1F. The van der Waals surface area contributed by atoms with Crippen molar-refractivity contribution in [3.63, 3.8) is 0 Å². The van der Waals surface area contributed by atoms with Gasteiger partial charge in [0.05, 0.1) is 10.9 Å². The number of anilines is 1. The Bertz CT molecular complexity index is 940. The van der Waals surface area contributed by atoms with Crippen molar-refractivity contribution < 1.29 is 18.4 Å². The smallest absolute Gasteiger partial charge is 0.323 e. The number of carbonyl (C=O) groups is 1. The molecule has 0 aliphatic carbocycles. The molecule has 1 amide bonds. The minimum absolute atomic E-state index is 0.0944. The average molecular weight is 360 g/mol. The normalized spacial score (nSPS) is 11.9. The van der Waals surface area contributed by atoms with E-state index < -0.39 is 22.6 Å². The van der Waals surface area contributed by atoms with Crippen LogP contribution in [0.3, 0.4) is 0 Å². The molecule has 1 heterocycles. The van der Waals surface area contributed by atoms with Crippen LogP contribution in [-0.2, 0) is 4.79 Å². The fraction of sp³-hybridized carbons (Fsp3) is 0.118. The Kier molecular flexibility index (Phi) is 4.99. The number of carbonyl (C=O) groups excluding carboxylic acids is 1. The molecule has 128 valence electrons. The molecular weight excluding hydrogens is 345 g/mol. The predicted octanol–water partition coefficient (Wildman–Crippen LogP) is 2.50. The van der Waals surface area contributed by atoms with Gasteiger partial charge in [0.2, 0.25) is 11.6 Å². The third-order valence-corrected chi connectivity index (χ3v) is 4.55. The van der Waals surface area contributed by atoms with Crippen molar-refractivity contribution in [1.82, 2.24) is 5.27 Å². The summed E-state index contributed by atoms with van der Waals surface area (Å²) in [7, 11) is 0. The number of nitrogens with one attached hydrogen (secondary N) is 2. The van der Waals surface area contributed by atoms with Crippen molar-refractivity contribution in [2.45, 2.75) is 17.2 Å². The monoisotopic (exact) mass is 360 g/mol. The van der Waals surface area contributed by atoms with E-state index in [0.29, 0.717) is 5.69 Å². The first kappa shape index (κ1) is 17.0. The molecule has 1 atom stereocenters. The van der Waals surface area contributed by atoms with E-state index in [-0.39, 0.29) is 10.7 Å². The molecule has 0 spiro atoms. The second-order valence-electron chi connectivity index (χ2n) is 5.19. The van der Waals surface area contributed by atoms with E-state index in [1.165, 1.54) is 22.9 Å². The van der Waals surface area contributed by atoms with Crippen LogP contribution in [0.2, 0.25) is 0 Å². The molecule has 0 radical (unpaired) electrons. The second-order valence-corrected chi connectivity index (χ2v) is 6.52. The Morgan fingerprint density at radius 1 is 1.20 bits per heavy atom. The summed E-state index contributed by atoms with van der Waals surface area (Å²) in [5.74, 6) is -0.941. The number of hydrogen-bond donors (Lipinski definition) is 2. The first-order chi connectivity index (χ1) is 12.1. The van der Waals surface area contributed by atoms with Crippen molar-refractivity contribution in [2.24, 2.45) is 0 Å². The molecule has 2 N–H and O–H groups in total. The van der Waals surface area contributed by atoms with E-state index in [1.807, 2.05) is 18.2 Å². The Morgan fingerprint density at radius 3 is 2.60 bits per heavy atom. The number of amides is 1. The number of hydrogen-bond acceptors (Lipinski definition) is 4. The van der Waals surface area contributed by atoms with Crippen molar-refractivity contribution in [1.29, 1.82) is 0 Å². The lowest BCUT2D eigenvalue weighted by molar-refractivity contribution is -0.704. The van der Waals surface area contributed by atoms with Crippen molar-refractivity contribution in [3.8, 4) is 5.69 Å². The van der Waals surface area contributed by atoms with Gasteiger partial charge in [0, 0.05) is 12.1 Å². The predicted molar refractivity (Wildman–Crippen MR) is 91.2 cm³/mol. The number of thioether (sulfide) groups is 1. The van der Waals surface area contributed by atoms with Gasteiger partial charge in [0.1, 0.15) is 5.82 Å². The van der Waals surface area contributed by atoms with E-state index in [2.05, 4.69) is 10.6 Å². The molecule has 1 unspecified atom stereocenters. The lowest BCUT2D eigenvalue weighted by Gasteiger charge is -2.09. The summed E-state index contributed by atoms with van der Waals surface area (Å²) in [6.45, 7) is 1.63. The van der Waals surface area contributed by atoms with Crippen LogP contribution in [-0.4, -0.2) is 16.4 Å². The van der Waals surface area contributed by atoms with E-state index in [1.54, 1.807) is 25.1 Å². The number of para-hydroxylation sites is 2. The molecule has 0 saturated carbocycles. The van der Waals surface area contributed by atoms with Crippen LogP contribution in [0.15, 0.2) is 68.9 Å². The number of halogens is 1. The standard InChI is InChI=1S/C17H14FN3O3S/c1-11(15(22)19-14-10-6-5-9-13(14)18)25-16-17(23)24-20-21(16)12-7-3-2-4-8-12/h2-11H,1H3,(H-,19,20,22,23)/p+1. The molecule has 6 nitrogen and oxygen atoms in total. The zero-order chi connectivity index (χ0) is 17.8. The van der Waals surface area contributed by atoms with Crippen LogP contribution < -0.4 is 15.6 Å². The minimum atomic E-state index is -0.645. The summed E-state index contributed by atoms with van der Waals surface area (Å²) >= 11 is 1.02. The van der Waals surface area contributed by atoms with Gasteiger partial charge in [0.15, 0.2) is 0 Å². The maximum atomic E-state index is 13.6. The first-order valence-corrected chi connectivity index (χ1v) is 8.35. The van der Waals surface area contributed by atoms with Crippen molar-refractivity contribution in [3.05, 3.63) is 70.8 Å². The van der Waals surface area contributed by atoms with Crippen molar-refractivity contribution in [2.75, 3.05) is 5.32 Å². The quantitative estimate of drug-likeness (QED) is 0.541. The number of H-pyrrole nitrogens is 1. The lowest BCUT2D eigenvalue weighted by atomic mass is 10.3. The van der Waals surface area contributed by atoms with Gasteiger partial charge in [-0.25, -0.2) is 9.18 Å². The van der Waals surface area contributed by atoms with Gasteiger partial charge in [-0.3, -0.25) is 9.32 Å². The highest BCUT2D eigenvalue weighted by Crippen LogP contribution is 2.20. The molecule has 0 bridgehead atoms.